The number of likely N-dealkylation sites (tertiary alicyclic amines) is 1. The van der Waals surface area contributed by atoms with Crippen molar-refractivity contribution in [1.82, 2.24) is 10.2 Å². The molecular formula is C18H29N3O. The first-order chi connectivity index (χ1) is 10.6. The van der Waals surface area contributed by atoms with Crippen LogP contribution >= 0.6 is 0 Å². The minimum Gasteiger partial charge on any atom is -0.337 e. The third-order valence-electron chi connectivity index (χ3n) is 4.34. The average molecular weight is 303 g/mol. The van der Waals surface area contributed by atoms with Gasteiger partial charge in [-0.3, -0.25) is 0 Å². The van der Waals surface area contributed by atoms with Gasteiger partial charge in [-0.2, -0.15) is 0 Å². The largest absolute Gasteiger partial charge is 0.337 e. The maximum atomic E-state index is 12.2. The van der Waals surface area contributed by atoms with Gasteiger partial charge in [-0.15, -0.1) is 0 Å². The Morgan fingerprint density at radius 3 is 2.64 bits per heavy atom. The molecule has 2 rings (SSSR count). The fraction of sp³-hybridized carbons (Fsp3) is 0.611. The van der Waals surface area contributed by atoms with Gasteiger partial charge in [-0.1, -0.05) is 39.0 Å². The van der Waals surface area contributed by atoms with Crippen molar-refractivity contribution in [3.63, 3.8) is 0 Å². The zero-order chi connectivity index (χ0) is 15.9. The van der Waals surface area contributed by atoms with Crippen LogP contribution in [0.1, 0.15) is 50.7 Å². The second-order valence-corrected chi connectivity index (χ2v) is 6.32. The number of amides is 2. The second kappa shape index (κ2) is 8.18. The summed E-state index contributed by atoms with van der Waals surface area (Å²) in [6.07, 6.45) is 3.49. The Labute approximate surface area is 134 Å². The van der Waals surface area contributed by atoms with Crippen molar-refractivity contribution in [3.8, 4) is 0 Å². The van der Waals surface area contributed by atoms with Crippen molar-refractivity contribution in [2.75, 3.05) is 31.5 Å². The number of nitrogens with one attached hydrogen (secondary N) is 2. The van der Waals surface area contributed by atoms with Crippen LogP contribution in [0.5, 0.6) is 0 Å². The maximum absolute atomic E-state index is 12.2. The van der Waals surface area contributed by atoms with E-state index in [1.165, 1.54) is 37.1 Å². The van der Waals surface area contributed by atoms with E-state index in [9.17, 15) is 4.79 Å². The Morgan fingerprint density at radius 1 is 1.27 bits per heavy atom. The summed E-state index contributed by atoms with van der Waals surface area (Å²) in [5.74, 6) is 0.395. The van der Waals surface area contributed by atoms with Crippen LogP contribution in [-0.4, -0.2) is 37.1 Å². The number of carbonyl (C=O) groups is 1. The molecule has 1 aliphatic rings. The molecule has 0 aromatic heterocycles. The highest BCUT2D eigenvalue weighted by Gasteiger charge is 2.14. The van der Waals surface area contributed by atoms with E-state index in [1.807, 2.05) is 0 Å². The lowest BCUT2D eigenvalue weighted by Crippen LogP contribution is -2.36. The van der Waals surface area contributed by atoms with Crippen molar-refractivity contribution in [1.29, 1.82) is 0 Å². The molecule has 0 bridgehead atoms. The van der Waals surface area contributed by atoms with Crippen LogP contribution in [0.2, 0.25) is 0 Å². The summed E-state index contributed by atoms with van der Waals surface area (Å²) in [4.78, 5) is 14.6. The molecule has 1 aromatic carbocycles. The predicted molar refractivity (Wildman–Crippen MR) is 92.6 cm³/mol. The van der Waals surface area contributed by atoms with Gasteiger partial charge in [0.05, 0.1) is 0 Å². The van der Waals surface area contributed by atoms with Crippen molar-refractivity contribution >= 4 is 11.7 Å². The van der Waals surface area contributed by atoms with Crippen molar-refractivity contribution < 1.29 is 4.79 Å². The number of hydrogen-bond donors (Lipinski definition) is 2. The lowest BCUT2D eigenvalue weighted by Gasteiger charge is -2.19. The number of hydrogen-bond acceptors (Lipinski definition) is 2. The van der Waals surface area contributed by atoms with E-state index < -0.39 is 0 Å². The van der Waals surface area contributed by atoms with Crippen LogP contribution in [0, 0.1) is 0 Å². The molecule has 0 unspecified atom stereocenters. The van der Waals surface area contributed by atoms with Crippen LogP contribution in [0.4, 0.5) is 10.5 Å². The first-order valence-corrected chi connectivity index (χ1v) is 8.50. The molecule has 122 valence electrons. The fourth-order valence-corrected chi connectivity index (χ4v) is 3.04. The maximum Gasteiger partial charge on any atom is 0.319 e. The van der Waals surface area contributed by atoms with Crippen LogP contribution in [-0.2, 0) is 6.42 Å². The molecule has 0 aliphatic carbocycles. The summed E-state index contributed by atoms with van der Waals surface area (Å²) >= 11 is 0. The molecule has 0 radical (unpaired) electrons. The van der Waals surface area contributed by atoms with E-state index in [2.05, 4.69) is 54.5 Å². The zero-order valence-corrected chi connectivity index (χ0v) is 14.1. The number of carbonyl (C=O) groups excluding carboxylic acids is 1. The number of rotatable bonds is 6. The molecule has 1 aromatic rings. The Balaban J connectivity index is 1.92. The summed E-state index contributed by atoms with van der Waals surface area (Å²) in [5.41, 5.74) is 3.38. The van der Waals surface area contributed by atoms with E-state index >= 15 is 0 Å². The summed E-state index contributed by atoms with van der Waals surface area (Å²) < 4.78 is 0. The van der Waals surface area contributed by atoms with Crippen LogP contribution in [0.3, 0.4) is 0 Å². The third-order valence-corrected chi connectivity index (χ3v) is 4.34. The number of anilines is 1. The number of urea groups is 1. The summed E-state index contributed by atoms with van der Waals surface area (Å²) in [6, 6.07) is 6.17. The monoisotopic (exact) mass is 303 g/mol. The molecule has 1 fully saturated rings. The molecule has 1 heterocycles. The molecule has 2 amide bonds. The van der Waals surface area contributed by atoms with Crippen molar-refractivity contribution in [3.05, 3.63) is 29.3 Å². The molecule has 4 heteroatoms. The van der Waals surface area contributed by atoms with Crippen molar-refractivity contribution in [2.24, 2.45) is 0 Å². The lowest BCUT2D eigenvalue weighted by atomic mass is 9.97. The van der Waals surface area contributed by atoms with Gasteiger partial charge in [0, 0.05) is 18.8 Å². The van der Waals surface area contributed by atoms with Gasteiger partial charge in [0.2, 0.25) is 0 Å². The van der Waals surface area contributed by atoms with Gasteiger partial charge in [-0.25, -0.2) is 4.79 Å². The number of benzene rings is 1. The van der Waals surface area contributed by atoms with E-state index in [0.717, 1.165) is 18.7 Å². The normalized spacial score (nSPS) is 15.3. The van der Waals surface area contributed by atoms with Crippen LogP contribution < -0.4 is 10.6 Å². The highest BCUT2D eigenvalue weighted by Crippen LogP contribution is 2.28. The molecule has 1 saturated heterocycles. The Bertz CT molecular complexity index is 493. The number of para-hydroxylation sites is 1. The summed E-state index contributed by atoms with van der Waals surface area (Å²) in [6.45, 7) is 10.4. The van der Waals surface area contributed by atoms with Gasteiger partial charge >= 0.3 is 6.03 Å². The van der Waals surface area contributed by atoms with Gasteiger partial charge in [0.25, 0.3) is 0 Å². The topological polar surface area (TPSA) is 44.4 Å². The smallest absolute Gasteiger partial charge is 0.319 e. The molecule has 0 saturated carbocycles. The SMILES string of the molecule is CCc1cccc(C(C)C)c1NC(=O)NCCN1CCCC1. The number of nitrogens with zero attached hydrogens (tertiary/aromatic N) is 1. The molecule has 0 atom stereocenters. The fourth-order valence-electron chi connectivity index (χ4n) is 3.04. The summed E-state index contributed by atoms with van der Waals surface area (Å²) in [7, 11) is 0. The molecule has 22 heavy (non-hydrogen) atoms. The Kier molecular flexibility index (Phi) is 6.25. The summed E-state index contributed by atoms with van der Waals surface area (Å²) in [5, 5.41) is 6.05. The highest BCUT2D eigenvalue weighted by atomic mass is 16.2. The van der Waals surface area contributed by atoms with Gasteiger partial charge in [0.1, 0.15) is 0 Å². The lowest BCUT2D eigenvalue weighted by molar-refractivity contribution is 0.249. The highest BCUT2D eigenvalue weighted by molar-refractivity contribution is 5.91. The predicted octanol–water partition coefficient (Wildman–Crippen LogP) is 3.59. The minimum atomic E-state index is -0.0954. The Morgan fingerprint density at radius 2 is 2.00 bits per heavy atom. The number of aryl methyl sites for hydroxylation is 1. The molecule has 4 nitrogen and oxygen atoms in total. The molecule has 1 aliphatic heterocycles. The minimum absolute atomic E-state index is 0.0954. The van der Waals surface area contributed by atoms with E-state index in [0.29, 0.717) is 12.5 Å². The quantitative estimate of drug-likeness (QED) is 0.843. The van der Waals surface area contributed by atoms with Gasteiger partial charge < -0.3 is 15.5 Å². The van der Waals surface area contributed by atoms with Crippen LogP contribution in [0.15, 0.2) is 18.2 Å². The first-order valence-electron chi connectivity index (χ1n) is 8.50. The molecule has 2 N–H and O–H groups in total. The van der Waals surface area contributed by atoms with E-state index in [1.54, 1.807) is 0 Å². The third kappa shape index (κ3) is 4.47. The average Bonchev–Trinajstić information content (AvgIpc) is 3.00. The van der Waals surface area contributed by atoms with Crippen molar-refractivity contribution in [2.45, 2.75) is 46.0 Å². The first kappa shape index (κ1) is 16.8. The zero-order valence-electron chi connectivity index (χ0n) is 14.1. The van der Waals surface area contributed by atoms with Gasteiger partial charge in [-0.05, 0) is 49.4 Å². The molecular weight excluding hydrogens is 274 g/mol. The van der Waals surface area contributed by atoms with Gasteiger partial charge in [0.15, 0.2) is 0 Å². The second-order valence-electron chi connectivity index (χ2n) is 6.32. The Hall–Kier alpha value is -1.55. The molecule has 0 spiro atoms. The van der Waals surface area contributed by atoms with E-state index in [-0.39, 0.29) is 6.03 Å². The van der Waals surface area contributed by atoms with E-state index in [4.69, 9.17) is 0 Å². The standard InChI is InChI=1S/C18H29N3O/c1-4-15-8-7-9-16(14(2)3)17(15)20-18(22)19-10-13-21-11-5-6-12-21/h7-9,14H,4-6,10-13H2,1-3H3,(H2,19,20,22). The van der Waals surface area contributed by atoms with Crippen LogP contribution in [0.25, 0.3) is 0 Å².